The zero-order valence-electron chi connectivity index (χ0n) is 6.69. The molecule has 0 radical (unpaired) electrons. The topological polar surface area (TPSA) is 68.3 Å². The molecule has 0 saturated heterocycles. The summed E-state index contributed by atoms with van der Waals surface area (Å²) in [6.07, 6.45) is 3.19. The van der Waals surface area contributed by atoms with Crippen molar-refractivity contribution in [2.75, 3.05) is 0 Å². The first-order valence-corrected chi connectivity index (χ1v) is 3.45. The number of rotatable bonds is 1. The van der Waals surface area contributed by atoms with Crippen molar-refractivity contribution in [3.8, 4) is 0 Å². The predicted molar refractivity (Wildman–Crippen MR) is 45.6 cm³/mol. The van der Waals surface area contributed by atoms with E-state index < -0.39 is 0 Å². The number of amides is 1. The standard InChI is InChI=1S/C8H9N3O/c1-6(12)11-8(9)7-3-2-4-10-5-7/h2-5H,1H3,(H2,9,11,12). The molecule has 0 saturated carbocycles. The lowest BCUT2D eigenvalue weighted by Crippen LogP contribution is -2.14. The molecule has 1 aromatic rings. The minimum absolute atomic E-state index is 0.204. The summed E-state index contributed by atoms with van der Waals surface area (Å²) < 4.78 is 0. The number of nitrogens with zero attached hydrogens (tertiary/aromatic N) is 2. The number of hydrogen-bond acceptors (Lipinski definition) is 2. The minimum Gasteiger partial charge on any atom is -0.383 e. The van der Waals surface area contributed by atoms with E-state index in [4.69, 9.17) is 5.73 Å². The molecular formula is C8H9N3O. The van der Waals surface area contributed by atoms with Gasteiger partial charge >= 0.3 is 0 Å². The molecule has 0 aromatic carbocycles. The highest BCUT2D eigenvalue weighted by atomic mass is 16.1. The summed E-state index contributed by atoms with van der Waals surface area (Å²) in [5.74, 6) is -0.105. The number of pyridine rings is 1. The van der Waals surface area contributed by atoms with E-state index in [1.807, 2.05) is 0 Å². The van der Waals surface area contributed by atoms with Crippen molar-refractivity contribution in [3.63, 3.8) is 0 Å². The largest absolute Gasteiger partial charge is 0.383 e. The molecule has 62 valence electrons. The first-order valence-electron chi connectivity index (χ1n) is 3.45. The summed E-state index contributed by atoms with van der Waals surface area (Å²) in [4.78, 5) is 17.9. The Morgan fingerprint density at radius 2 is 2.42 bits per heavy atom. The third-order valence-electron chi connectivity index (χ3n) is 1.24. The van der Waals surface area contributed by atoms with Gasteiger partial charge in [-0.25, -0.2) is 0 Å². The Hall–Kier alpha value is -1.71. The van der Waals surface area contributed by atoms with E-state index in [9.17, 15) is 4.79 Å². The van der Waals surface area contributed by atoms with Gasteiger partial charge in [-0.05, 0) is 12.1 Å². The van der Waals surface area contributed by atoms with Crippen molar-refractivity contribution in [3.05, 3.63) is 30.1 Å². The van der Waals surface area contributed by atoms with E-state index >= 15 is 0 Å². The molecule has 2 N–H and O–H groups in total. The third-order valence-corrected chi connectivity index (χ3v) is 1.24. The zero-order chi connectivity index (χ0) is 8.97. The third kappa shape index (κ3) is 2.16. The molecule has 0 atom stereocenters. The monoisotopic (exact) mass is 163 g/mol. The lowest BCUT2D eigenvalue weighted by Gasteiger charge is -1.96. The second-order valence-electron chi connectivity index (χ2n) is 2.26. The summed E-state index contributed by atoms with van der Waals surface area (Å²) in [6.45, 7) is 1.35. The molecule has 1 rings (SSSR count). The molecule has 0 bridgehead atoms. The average Bonchev–Trinajstić information content (AvgIpc) is 2.05. The predicted octanol–water partition coefficient (Wildman–Crippen LogP) is 0.333. The highest BCUT2D eigenvalue weighted by Crippen LogP contribution is 1.94. The minimum atomic E-state index is -0.309. The van der Waals surface area contributed by atoms with Crippen molar-refractivity contribution in [2.45, 2.75) is 6.92 Å². The Bertz CT molecular complexity index is 305. The van der Waals surface area contributed by atoms with Crippen LogP contribution in [0.3, 0.4) is 0 Å². The van der Waals surface area contributed by atoms with Gasteiger partial charge in [-0.2, -0.15) is 4.99 Å². The molecule has 0 fully saturated rings. The van der Waals surface area contributed by atoms with Gasteiger partial charge in [0.15, 0.2) is 0 Å². The highest BCUT2D eigenvalue weighted by molar-refractivity contribution is 6.03. The maximum absolute atomic E-state index is 10.5. The fourth-order valence-electron chi connectivity index (χ4n) is 0.748. The molecule has 4 heteroatoms. The second-order valence-corrected chi connectivity index (χ2v) is 2.26. The summed E-state index contributed by atoms with van der Waals surface area (Å²) >= 11 is 0. The van der Waals surface area contributed by atoms with Gasteiger partial charge in [0.2, 0.25) is 5.91 Å². The van der Waals surface area contributed by atoms with Crippen LogP contribution in [0.4, 0.5) is 0 Å². The first-order chi connectivity index (χ1) is 5.70. The van der Waals surface area contributed by atoms with Crippen LogP contribution in [0.25, 0.3) is 0 Å². The number of amidine groups is 1. The molecule has 0 unspecified atom stereocenters. The molecule has 12 heavy (non-hydrogen) atoms. The molecule has 4 nitrogen and oxygen atoms in total. The smallest absolute Gasteiger partial charge is 0.244 e. The molecule has 1 amide bonds. The van der Waals surface area contributed by atoms with Gasteiger partial charge in [0.25, 0.3) is 0 Å². The Morgan fingerprint density at radius 1 is 1.67 bits per heavy atom. The van der Waals surface area contributed by atoms with E-state index in [0.717, 1.165) is 0 Å². The van der Waals surface area contributed by atoms with Gasteiger partial charge in [-0.3, -0.25) is 9.78 Å². The summed E-state index contributed by atoms with van der Waals surface area (Å²) in [7, 11) is 0. The van der Waals surface area contributed by atoms with Crippen LogP contribution in [0.2, 0.25) is 0 Å². The van der Waals surface area contributed by atoms with Gasteiger partial charge in [0, 0.05) is 24.9 Å². The fourth-order valence-corrected chi connectivity index (χ4v) is 0.748. The van der Waals surface area contributed by atoms with E-state index in [0.29, 0.717) is 5.56 Å². The average molecular weight is 163 g/mol. The van der Waals surface area contributed by atoms with Gasteiger partial charge in [0.05, 0.1) is 0 Å². The molecule has 1 aromatic heterocycles. The van der Waals surface area contributed by atoms with Gasteiger partial charge in [0.1, 0.15) is 5.84 Å². The maximum atomic E-state index is 10.5. The number of aromatic nitrogens is 1. The molecule has 0 aliphatic carbocycles. The lowest BCUT2D eigenvalue weighted by molar-refractivity contribution is -0.115. The Labute approximate surface area is 70.1 Å². The van der Waals surface area contributed by atoms with Crippen LogP contribution in [0.5, 0.6) is 0 Å². The van der Waals surface area contributed by atoms with Gasteiger partial charge in [-0.15, -0.1) is 0 Å². The molecule has 0 aliphatic heterocycles. The number of hydrogen-bond donors (Lipinski definition) is 1. The Kier molecular flexibility index (Phi) is 2.53. The van der Waals surface area contributed by atoms with Gasteiger partial charge in [-0.1, -0.05) is 0 Å². The lowest BCUT2D eigenvalue weighted by atomic mass is 10.3. The number of carbonyl (C=O) groups excluding carboxylic acids is 1. The Morgan fingerprint density at radius 3 is 2.92 bits per heavy atom. The Balaban J connectivity index is 2.93. The van der Waals surface area contributed by atoms with Crippen LogP contribution < -0.4 is 5.73 Å². The van der Waals surface area contributed by atoms with Crippen molar-refractivity contribution in [2.24, 2.45) is 10.7 Å². The summed E-state index contributed by atoms with van der Waals surface area (Å²) in [5, 5.41) is 0. The summed E-state index contributed by atoms with van der Waals surface area (Å²) in [5.41, 5.74) is 6.14. The van der Waals surface area contributed by atoms with Crippen molar-refractivity contribution in [1.29, 1.82) is 0 Å². The highest BCUT2D eigenvalue weighted by Gasteiger charge is 1.97. The van der Waals surface area contributed by atoms with E-state index in [-0.39, 0.29) is 11.7 Å². The van der Waals surface area contributed by atoms with Crippen molar-refractivity contribution < 1.29 is 4.79 Å². The fraction of sp³-hybridized carbons (Fsp3) is 0.125. The van der Waals surface area contributed by atoms with E-state index in [1.54, 1.807) is 24.5 Å². The van der Waals surface area contributed by atoms with E-state index in [1.165, 1.54) is 6.92 Å². The quantitative estimate of drug-likeness (QED) is 0.479. The van der Waals surface area contributed by atoms with Crippen molar-refractivity contribution >= 4 is 11.7 Å². The second kappa shape index (κ2) is 3.61. The maximum Gasteiger partial charge on any atom is 0.244 e. The first kappa shape index (κ1) is 8.39. The number of nitrogens with two attached hydrogens (primary N) is 1. The summed E-state index contributed by atoms with van der Waals surface area (Å²) in [6, 6.07) is 3.48. The van der Waals surface area contributed by atoms with Crippen LogP contribution in [0.15, 0.2) is 29.5 Å². The number of aliphatic imine (C=N–C) groups is 1. The van der Waals surface area contributed by atoms with Crippen LogP contribution in [-0.2, 0) is 4.79 Å². The van der Waals surface area contributed by atoms with Crippen molar-refractivity contribution in [1.82, 2.24) is 4.98 Å². The molecular weight excluding hydrogens is 154 g/mol. The molecule has 0 spiro atoms. The van der Waals surface area contributed by atoms with Crippen LogP contribution >= 0.6 is 0 Å². The van der Waals surface area contributed by atoms with Crippen LogP contribution in [0.1, 0.15) is 12.5 Å². The van der Waals surface area contributed by atoms with Gasteiger partial charge < -0.3 is 5.73 Å². The van der Waals surface area contributed by atoms with Crippen LogP contribution in [0, 0.1) is 0 Å². The van der Waals surface area contributed by atoms with E-state index in [2.05, 4.69) is 9.98 Å². The normalized spacial score (nSPS) is 11.2. The zero-order valence-corrected chi connectivity index (χ0v) is 6.69. The van der Waals surface area contributed by atoms with Crippen LogP contribution in [-0.4, -0.2) is 16.7 Å². The number of carbonyl (C=O) groups is 1. The SMILES string of the molecule is CC(=O)N=C(N)c1cccnc1. The molecule has 0 aliphatic rings. The molecule has 1 heterocycles.